The van der Waals surface area contributed by atoms with Crippen LogP contribution in [0.3, 0.4) is 0 Å². The Hall–Kier alpha value is -3.10. The minimum atomic E-state index is -1.04. The average Bonchev–Trinajstić information content (AvgIpc) is 3.16. The lowest BCUT2D eigenvalue weighted by molar-refractivity contribution is -0.161. The molecular formula is C22H22ClN3O5. The van der Waals surface area contributed by atoms with Crippen LogP contribution in [-0.4, -0.2) is 53.8 Å². The fourth-order valence-electron chi connectivity index (χ4n) is 3.69. The molecule has 1 saturated heterocycles. The summed E-state index contributed by atoms with van der Waals surface area (Å²) in [6.07, 6.45) is 0.0129. The van der Waals surface area contributed by atoms with E-state index in [2.05, 4.69) is 5.16 Å². The Bertz CT molecular complexity index is 1080. The van der Waals surface area contributed by atoms with E-state index in [4.69, 9.17) is 31.3 Å². The van der Waals surface area contributed by atoms with Gasteiger partial charge in [0, 0.05) is 17.0 Å². The van der Waals surface area contributed by atoms with Gasteiger partial charge in [0.2, 0.25) is 11.8 Å². The predicted octanol–water partition coefficient (Wildman–Crippen LogP) is 2.58. The van der Waals surface area contributed by atoms with Crippen molar-refractivity contribution in [3.63, 3.8) is 0 Å². The second-order valence-corrected chi connectivity index (χ2v) is 7.97. The Morgan fingerprint density at radius 1 is 1.19 bits per heavy atom. The molecule has 0 unspecified atom stereocenters. The molecule has 1 aromatic heterocycles. The summed E-state index contributed by atoms with van der Waals surface area (Å²) in [7, 11) is 0. The first-order chi connectivity index (χ1) is 14.9. The van der Waals surface area contributed by atoms with Gasteiger partial charge in [-0.1, -0.05) is 28.9 Å². The third-order valence-electron chi connectivity index (χ3n) is 5.18. The molecule has 4 rings (SSSR count). The van der Waals surface area contributed by atoms with Crippen LogP contribution in [0.1, 0.15) is 12.1 Å². The number of amides is 2. The number of nitrogens with two attached hydrogens (primary N) is 1. The summed E-state index contributed by atoms with van der Waals surface area (Å²) in [5.74, 6) is -0.0893. The Morgan fingerprint density at radius 2 is 1.97 bits per heavy atom. The molecule has 162 valence electrons. The van der Waals surface area contributed by atoms with E-state index in [0.717, 1.165) is 5.39 Å². The van der Waals surface area contributed by atoms with Gasteiger partial charge in [0.25, 0.3) is 0 Å². The van der Waals surface area contributed by atoms with Gasteiger partial charge in [-0.2, -0.15) is 0 Å². The van der Waals surface area contributed by atoms with E-state index < -0.39 is 11.5 Å². The molecular weight excluding hydrogens is 422 g/mol. The third-order valence-corrected chi connectivity index (χ3v) is 5.44. The molecule has 8 nitrogen and oxygen atoms in total. The molecule has 3 aromatic rings. The highest BCUT2D eigenvalue weighted by atomic mass is 35.5. The van der Waals surface area contributed by atoms with Gasteiger partial charge in [0.1, 0.15) is 23.7 Å². The van der Waals surface area contributed by atoms with Gasteiger partial charge in [0.05, 0.1) is 26.0 Å². The molecule has 9 heteroatoms. The molecule has 1 aliphatic rings. The van der Waals surface area contributed by atoms with E-state index in [1.165, 1.54) is 0 Å². The third kappa shape index (κ3) is 4.98. The number of carbonyl (C=O) groups excluding carboxylic acids is 2. The molecule has 0 bridgehead atoms. The second-order valence-electron chi connectivity index (χ2n) is 7.53. The lowest BCUT2D eigenvalue weighted by Gasteiger charge is -2.42. The van der Waals surface area contributed by atoms with Crippen LogP contribution in [0.5, 0.6) is 5.75 Å². The Balaban J connectivity index is 1.47. The van der Waals surface area contributed by atoms with E-state index in [1.807, 2.05) is 18.2 Å². The minimum Gasteiger partial charge on any atom is -0.490 e. The fourth-order valence-corrected chi connectivity index (χ4v) is 3.81. The molecule has 31 heavy (non-hydrogen) atoms. The van der Waals surface area contributed by atoms with Crippen LogP contribution in [0.2, 0.25) is 5.02 Å². The fraction of sp³-hybridized carbons (Fsp3) is 0.318. The number of fused-ring (bicyclic) bond motifs is 1. The monoisotopic (exact) mass is 443 g/mol. The van der Waals surface area contributed by atoms with Crippen molar-refractivity contribution in [3.8, 4) is 5.75 Å². The Morgan fingerprint density at radius 3 is 2.74 bits per heavy atom. The zero-order valence-electron chi connectivity index (χ0n) is 16.8. The second kappa shape index (κ2) is 8.95. The molecule has 1 aliphatic heterocycles. The smallest absolute Gasteiger partial charge is 0.228 e. The standard InChI is InChI=1S/C22H22ClN3O5/c23-15-5-7-16(8-6-15)29-14-22(12-20(24)27)13-26(9-10-30-22)21(28)11-18-17-3-1-2-4-19(17)31-25-18/h1-8H,9-14H2,(H2,24,27)/t22-/m1/s1. The molecule has 0 spiro atoms. The number of para-hydroxylation sites is 1. The van der Waals surface area contributed by atoms with E-state index in [9.17, 15) is 9.59 Å². The summed E-state index contributed by atoms with van der Waals surface area (Å²) >= 11 is 5.91. The first-order valence-corrected chi connectivity index (χ1v) is 10.2. The predicted molar refractivity (Wildman–Crippen MR) is 114 cm³/mol. The highest BCUT2D eigenvalue weighted by Crippen LogP contribution is 2.26. The summed E-state index contributed by atoms with van der Waals surface area (Å²) in [5, 5.41) is 5.43. The van der Waals surface area contributed by atoms with Gasteiger partial charge in [0.15, 0.2) is 5.58 Å². The number of hydrogen-bond donors (Lipinski definition) is 1. The van der Waals surface area contributed by atoms with Crippen molar-refractivity contribution in [1.82, 2.24) is 10.1 Å². The molecule has 0 saturated carbocycles. The number of aromatic nitrogens is 1. The van der Waals surface area contributed by atoms with Crippen molar-refractivity contribution in [1.29, 1.82) is 0 Å². The first-order valence-electron chi connectivity index (χ1n) is 9.86. The van der Waals surface area contributed by atoms with Crippen LogP contribution in [-0.2, 0) is 20.7 Å². The summed E-state index contributed by atoms with van der Waals surface area (Å²) in [4.78, 5) is 26.4. The maximum absolute atomic E-state index is 13.0. The summed E-state index contributed by atoms with van der Waals surface area (Å²) in [5.41, 5.74) is 5.64. The van der Waals surface area contributed by atoms with Crippen LogP contribution in [0.25, 0.3) is 11.0 Å². The summed E-state index contributed by atoms with van der Waals surface area (Å²) in [6.45, 7) is 0.908. The Kier molecular flexibility index (Phi) is 6.11. The number of halogens is 1. The summed E-state index contributed by atoms with van der Waals surface area (Å²) < 4.78 is 17.1. The molecule has 1 atom stereocenters. The lowest BCUT2D eigenvalue weighted by Crippen LogP contribution is -2.58. The average molecular weight is 444 g/mol. The highest BCUT2D eigenvalue weighted by molar-refractivity contribution is 6.30. The van der Waals surface area contributed by atoms with Crippen LogP contribution < -0.4 is 10.5 Å². The van der Waals surface area contributed by atoms with Gasteiger partial charge < -0.3 is 24.6 Å². The zero-order chi connectivity index (χ0) is 21.8. The number of carbonyl (C=O) groups is 2. The molecule has 1 fully saturated rings. The van der Waals surface area contributed by atoms with Crippen LogP contribution >= 0.6 is 11.6 Å². The van der Waals surface area contributed by atoms with Gasteiger partial charge in [-0.15, -0.1) is 0 Å². The number of rotatable bonds is 7. The van der Waals surface area contributed by atoms with Gasteiger partial charge in [-0.05, 0) is 36.4 Å². The highest BCUT2D eigenvalue weighted by Gasteiger charge is 2.41. The number of nitrogens with zero attached hydrogens (tertiary/aromatic N) is 2. The van der Waals surface area contributed by atoms with Gasteiger partial charge in [-0.3, -0.25) is 9.59 Å². The number of benzene rings is 2. The number of primary amides is 1. The zero-order valence-corrected chi connectivity index (χ0v) is 17.5. The largest absolute Gasteiger partial charge is 0.490 e. The van der Waals surface area contributed by atoms with Crippen molar-refractivity contribution < 1.29 is 23.6 Å². The summed E-state index contributed by atoms with van der Waals surface area (Å²) in [6, 6.07) is 14.2. The Labute approximate surface area is 183 Å². The number of ether oxygens (including phenoxy) is 2. The van der Waals surface area contributed by atoms with Crippen molar-refractivity contribution in [2.75, 3.05) is 26.3 Å². The van der Waals surface area contributed by atoms with Crippen molar-refractivity contribution in [2.45, 2.75) is 18.4 Å². The van der Waals surface area contributed by atoms with Crippen LogP contribution in [0, 0.1) is 0 Å². The van der Waals surface area contributed by atoms with E-state index in [0.29, 0.717) is 28.6 Å². The quantitative estimate of drug-likeness (QED) is 0.601. The number of morpholine rings is 1. The first kappa shape index (κ1) is 21.1. The van der Waals surface area contributed by atoms with Gasteiger partial charge >= 0.3 is 0 Å². The SMILES string of the molecule is NC(=O)C[C@]1(COc2ccc(Cl)cc2)CN(C(=O)Cc2noc3ccccc23)CCO1. The van der Waals surface area contributed by atoms with Gasteiger partial charge in [-0.25, -0.2) is 0 Å². The van der Waals surface area contributed by atoms with E-state index in [1.54, 1.807) is 35.2 Å². The molecule has 0 radical (unpaired) electrons. The number of hydrogen-bond acceptors (Lipinski definition) is 6. The van der Waals surface area contributed by atoms with E-state index in [-0.39, 0.29) is 38.5 Å². The molecule has 2 N–H and O–H groups in total. The van der Waals surface area contributed by atoms with E-state index >= 15 is 0 Å². The topological polar surface area (TPSA) is 108 Å². The lowest BCUT2D eigenvalue weighted by atomic mass is 9.97. The maximum atomic E-state index is 13.0. The van der Waals surface area contributed by atoms with Crippen molar-refractivity contribution >= 4 is 34.4 Å². The normalized spacial score (nSPS) is 18.8. The molecule has 2 heterocycles. The van der Waals surface area contributed by atoms with Crippen LogP contribution in [0.15, 0.2) is 53.1 Å². The molecule has 2 amide bonds. The maximum Gasteiger partial charge on any atom is 0.228 e. The minimum absolute atomic E-state index is 0.0637. The molecule has 0 aliphatic carbocycles. The van der Waals surface area contributed by atoms with Crippen LogP contribution in [0.4, 0.5) is 0 Å². The molecule has 2 aromatic carbocycles. The van der Waals surface area contributed by atoms with Crippen molar-refractivity contribution in [3.05, 3.63) is 59.2 Å². The van der Waals surface area contributed by atoms with Crippen molar-refractivity contribution in [2.24, 2.45) is 5.73 Å².